The lowest BCUT2D eigenvalue weighted by Crippen LogP contribution is -2.41. The number of hydrogen-bond donors (Lipinski definition) is 1. The van der Waals surface area contributed by atoms with Gasteiger partial charge in [-0.25, -0.2) is 9.78 Å². The predicted molar refractivity (Wildman–Crippen MR) is 116 cm³/mol. The molecule has 0 spiro atoms. The molecule has 1 fully saturated rings. The molecule has 1 aliphatic carbocycles. The van der Waals surface area contributed by atoms with E-state index in [0.29, 0.717) is 37.6 Å². The Morgan fingerprint density at radius 3 is 2.40 bits per heavy atom. The van der Waals surface area contributed by atoms with Gasteiger partial charge in [0.05, 0.1) is 0 Å². The molecule has 1 aromatic heterocycles. The third kappa shape index (κ3) is 4.00. The lowest BCUT2D eigenvalue weighted by Gasteiger charge is -2.42. The largest absolute Gasteiger partial charge is 0.474 e. The van der Waals surface area contributed by atoms with Crippen molar-refractivity contribution in [1.82, 2.24) is 14.9 Å². The number of hydrogen-bond acceptors (Lipinski definition) is 4. The summed E-state index contributed by atoms with van der Waals surface area (Å²) in [5.41, 5.74) is 4.12. The molecule has 30 heavy (non-hydrogen) atoms. The maximum atomic E-state index is 11.1. The fourth-order valence-electron chi connectivity index (χ4n) is 4.61. The summed E-state index contributed by atoms with van der Waals surface area (Å²) in [4.78, 5) is 21.7. The molecule has 0 bridgehead atoms. The van der Waals surface area contributed by atoms with E-state index < -0.39 is 6.09 Å². The van der Waals surface area contributed by atoms with Crippen LogP contribution in [-0.4, -0.2) is 45.3 Å². The second kappa shape index (κ2) is 7.56. The first-order valence-electron chi connectivity index (χ1n) is 10.8. The Labute approximate surface area is 178 Å². The number of piperidine rings is 1. The number of benzene rings is 1. The lowest BCUT2D eigenvalue weighted by atomic mass is 9.63. The van der Waals surface area contributed by atoms with Crippen molar-refractivity contribution >= 4 is 6.09 Å². The molecular weight excluding hydrogens is 378 g/mol. The molecule has 2 aliphatic rings. The number of carboxylic acid groups (broad SMARTS) is 1. The van der Waals surface area contributed by atoms with Crippen LogP contribution in [0.25, 0.3) is 11.4 Å². The molecule has 0 saturated carbocycles. The van der Waals surface area contributed by atoms with Crippen LogP contribution >= 0.6 is 0 Å². The van der Waals surface area contributed by atoms with E-state index in [1.54, 1.807) is 12.3 Å². The smallest absolute Gasteiger partial charge is 0.407 e. The van der Waals surface area contributed by atoms with Crippen LogP contribution in [-0.2, 0) is 10.8 Å². The van der Waals surface area contributed by atoms with Gasteiger partial charge in [-0.3, -0.25) is 0 Å². The number of aromatic nitrogens is 2. The van der Waals surface area contributed by atoms with E-state index >= 15 is 0 Å². The monoisotopic (exact) mass is 409 g/mol. The SMILES string of the molecule is CC1(C)CCC(C)(C)c2cc(-c3nccc(OC4CCN(C(=O)O)CC4)n3)ccc21. The normalized spacial score (nSPS) is 20.5. The van der Waals surface area contributed by atoms with Gasteiger partial charge in [0.25, 0.3) is 0 Å². The van der Waals surface area contributed by atoms with Crippen LogP contribution in [0.2, 0.25) is 0 Å². The third-order valence-corrected chi connectivity index (χ3v) is 6.74. The van der Waals surface area contributed by atoms with Gasteiger partial charge in [0.2, 0.25) is 5.88 Å². The van der Waals surface area contributed by atoms with Crippen LogP contribution in [0.15, 0.2) is 30.5 Å². The molecule has 6 heteroatoms. The van der Waals surface area contributed by atoms with Crippen molar-refractivity contribution in [3.63, 3.8) is 0 Å². The average molecular weight is 410 g/mol. The molecule has 1 amide bonds. The van der Waals surface area contributed by atoms with Crippen LogP contribution in [0.1, 0.15) is 64.5 Å². The van der Waals surface area contributed by atoms with Crippen molar-refractivity contribution in [3.8, 4) is 17.3 Å². The summed E-state index contributed by atoms with van der Waals surface area (Å²) in [6.45, 7) is 10.3. The zero-order chi connectivity index (χ0) is 21.5. The number of nitrogens with zero attached hydrogens (tertiary/aromatic N) is 3. The van der Waals surface area contributed by atoms with E-state index in [2.05, 4.69) is 55.9 Å². The number of ether oxygens (including phenoxy) is 1. The van der Waals surface area contributed by atoms with Gasteiger partial charge in [0.1, 0.15) is 6.10 Å². The minimum Gasteiger partial charge on any atom is -0.474 e. The van der Waals surface area contributed by atoms with Crippen LogP contribution in [0, 0.1) is 0 Å². The van der Waals surface area contributed by atoms with E-state index in [9.17, 15) is 4.79 Å². The summed E-state index contributed by atoms with van der Waals surface area (Å²) >= 11 is 0. The highest BCUT2D eigenvalue weighted by molar-refractivity contribution is 5.65. The molecule has 0 atom stereocenters. The van der Waals surface area contributed by atoms with Crippen LogP contribution in [0.5, 0.6) is 5.88 Å². The Hall–Kier alpha value is -2.63. The summed E-state index contributed by atoms with van der Waals surface area (Å²) in [5, 5.41) is 9.09. The Kier molecular flexibility index (Phi) is 5.20. The van der Waals surface area contributed by atoms with Crippen molar-refractivity contribution < 1.29 is 14.6 Å². The molecular formula is C24H31N3O3. The molecule has 1 saturated heterocycles. The van der Waals surface area contributed by atoms with Crippen LogP contribution < -0.4 is 4.74 Å². The lowest BCUT2D eigenvalue weighted by molar-refractivity contribution is 0.0871. The van der Waals surface area contributed by atoms with Crippen molar-refractivity contribution in [2.75, 3.05) is 13.1 Å². The van der Waals surface area contributed by atoms with Crippen molar-refractivity contribution in [2.45, 2.75) is 70.3 Å². The molecule has 2 heterocycles. The quantitative estimate of drug-likeness (QED) is 0.771. The first kappa shape index (κ1) is 20.6. The third-order valence-electron chi connectivity index (χ3n) is 6.74. The van der Waals surface area contributed by atoms with E-state index in [4.69, 9.17) is 9.84 Å². The molecule has 160 valence electrons. The molecule has 1 aromatic carbocycles. The average Bonchev–Trinajstić information content (AvgIpc) is 2.72. The van der Waals surface area contributed by atoms with Crippen LogP contribution in [0.4, 0.5) is 4.79 Å². The summed E-state index contributed by atoms with van der Waals surface area (Å²) < 4.78 is 6.06. The van der Waals surface area contributed by atoms with Gasteiger partial charge < -0.3 is 14.7 Å². The summed E-state index contributed by atoms with van der Waals surface area (Å²) in [7, 11) is 0. The van der Waals surface area contributed by atoms with E-state index in [1.165, 1.54) is 22.4 Å². The zero-order valence-electron chi connectivity index (χ0n) is 18.3. The highest BCUT2D eigenvalue weighted by Crippen LogP contribution is 2.46. The van der Waals surface area contributed by atoms with Crippen molar-refractivity contribution in [1.29, 1.82) is 0 Å². The number of likely N-dealkylation sites (tertiary alicyclic amines) is 1. The Morgan fingerprint density at radius 1 is 1.07 bits per heavy atom. The number of fused-ring (bicyclic) bond motifs is 1. The van der Waals surface area contributed by atoms with Gasteiger partial charge in [-0.1, -0.05) is 39.8 Å². The van der Waals surface area contributed by atoms with Gasteiger partial charge in [0, 0.05) is 43.8 Å². The molecule has 2 aromatic rings. The molecule has 1 aliphatic heterocycles. The highest BCUT2D eigenvalue weighted by atomic mass is 16.5. The van der Waals surface area contributed by atoms with Crippen molar-refractivity contribution in [3.05, 3.63) is 41.6 Å². The fraction of sp³-hybridized carbons (Fsp3) is 0.542. The van der Waals surface area contributed by atoms with Gasteiger partial charge in [-0.2, -0.15) is 4.98 Å². The summed E-state index contributed by atoms with van der Waals surface area (Å²) in [6.07, 6.45) is 4.55. The fourth-order valence-corrected chi connectivity index (χ4v) is 4.61. The number of carbonyl (C=O) groups is 1. The number of rotatable bonds is 3. The van der Waals surface area contributed by atoms with E-state index in [0.717, 1.165) is 12.0 Å². The molecule has 0 radical (unpaired) electrons. The van der Waals surface area contributed by atoms with E-state index in [-0.39, 0.29) is 16.9 Å². The molecule has 0 unspecified atom stereocenters. The van der Waals surface area contributed by atoms with Crippen molar-refractivity contribution in [2.24, 2.45) is 0 Å². The summed E-state index contributed by atoms with van der Waals surface area (Å²) in [5.74, 6) is 1.21. The standard InChI is InChI=1S/C24H31N3O3/c1-23(2)10-11-24(3,4)19-15-16(5-6-18(19)23)21-25-12-7-20(26-21)30-17-8-13-27(14-9-17)22(28)29/h5-7,12,15,17H,8-11,13-14H2,1-4H3,(H,28,29). The Bertz CT molecular complexity index is 946. The van der Waals surface area contributed by atoms with Gasteiger partial charge in [-0.15, -0.1) is 0 Å². The number of amides is 1. The minimum atomic E-state index is -0.865. The predicted octanol–water partition coefficient (Wildman–Crippen LogP) is 5.01. The first-order chi connectivity index (χ1) is 14.2. The molecule has 6 nitrogen and oxygen atoms in total. The minimum absolute atomic E-state index is 0.0217. The van der Waals surface area contributed by atoms with Gasteiger partial charge in [-0.05, 0) is 40.9 Å². The second-order valence-electron chi connectivity index (χ2n) is 9.83. The molecule has 1 N–H and O–H groups in total. The highest BCUT2D eigenvalue weighted by Gasteiger charge is 2.37. The maximum absolute atomic E-state index is 11.1. The van der Waals surface area contributed by atoms with Gasteiger partial charge in [0.15, 0.2) is 5.82 Å². The molecule has 4 rings (SSSR count). The van der Waals surface area contributed by atoms with Crippen LogP contribution in [0.3, 0.4) is 0 Å². The van der Waals surface area contributed by atoms with Gasteiger partial charge >= 0.3 is 6.09 Å². The Morgan fingerprint density at radius 2 is 1.73 bits per heavy atom. The first-order valence-corrected chi connectivity index (χ1v) is 10.8. The maximum Gasteiger partial charge on any atom is 0.407 e. The second-order valence-corrected chi connectivity index (χ2v) is 9.83. The summed E-state index contributed by atoms with van der Waals surface area (Å²) in [6, 6.07) is 8.38. The van der Waals surface area contributed by atoms with E-state index in [1.807, 2.05) is 0 Å². The Balaban J connectivity index is 1.55. The zero-order valence-corrected chi connectivity index (χ0v) is 18.3. The topological polar surface area (TPSA) is 75.5 Å².